The van der Waals surface area contributed by atoms with Gasteiger partial charge in [-0.25, -0.2) is 19.9 Å². The molecule has 2 aromatic heterocycles. The highest BCUT2D eigenvalue weighted by atomic mass is 14.8. The molecular weight excluding hydrogens is 1040 g/mol. The SMILES string of the molecule is CC1(C)c2ccc(-c3ccccc3)cc2-c2cc(-c3nc4ccccc4nc3-c3ccc(-c4ccccc4)cc3)ccc2C1(C)C.CC1(C)c2ccc(-c3ccccc3)cc2-c2cc(-c3nc4ccccc4nc3-c3ccccc3)ccc2C1(C)C. The highest BCUT2D eigenvalue weighted by Gasteiger charge is 2.47. The zero-order valence-corrected chi connectivity index (χ0v) is 50.2. The number of hydrogen-bond donors (Lipinski definition) is 0. The predicted molar refractivity (Wildman–Crippen MR) is 360 cm³/mol. The number of benzene rings is 11. The lowest BCUT2D eigenvalue weighted by Gasteiger charge is -2.48. The van der Waals surface area contributed by atoms with Crippen molar-refractivity contribution in [2.24, 2.45) is 0 Å². The molecule has 0 fully saturated rings. The highest BCUT2D eigenvalue weighted by molar-refractivity contribution is 5.92. The Bertz CT molecular complexity index is 4710. The van der Waals surface area contributed by atoms with Gasteiger partial charge < -0.3 is 0 Å². The van der Waals surface area contributed by atoms with Gasteiger partial charge in [0.15, 0.2) is 0 Å². The Hall–Kier alpha value is -9.90. The number of para-hydroxylation sites is 4. The second-order valence-electron chi connectivity index (χ2n) is 25.4. The van der Waals surface area contributed by atoms with Gasteiger partial charge in [-0.1, -0.05) is 274 Å². The highest BCUT2D eigenvalue weighted by Crippen LogP contribution is 2.57. The van der Waals surface area contributed by atoms with Gasteiger partial charge in [0.05, 0.1) is 44.8 Å². The van der Waals surface area contributed by atoms with Crippen molar-refractivity contribution in [2.75, 3.05) is 0 Å². The number of rotatable bonds is 7. The maximum atomic E-state index is 5.27. The smallest absolute Gasteiger partial charge is 0.0973 e. The average Bonchev–Trinajstić information content (AvgIpc) is 1.11. The van der Waals surface area contributed by atoms with Crippen molar-refractivity contribution in [1.29, 1.82) is 0 Å². The van der Waals surface area contributed by atoms with Gasteiger partial charge in [0.25, 0.3) is 0 Å². The van der Waals surface area contributed by atoms with E-state index in [0.29, 0.717) is 0 Å². The molecule has 0 spiro atoms. The molecule has 0 radical (unpaired) electrons. The Morgan fingerprint density at radius 2 is 0.384 bits per heavy atom. The second kappa shape index (κ2) is 21.0. The predicted octanol–water partition coefficient (Wildman–Crippen LogP) is 21.4. The van der Waals surface area contributed by atoms with Crippen molar-refractivity contribution in [3.8, 4) is 101 Å². The molecule has 0 bridgehead atoms. The summed E-state index contributed by atoms with van der Waals surface area (Å²) in [6.07, 6.45) is 0. The summed E-state index contributed by atoms with van der Waals surface area (Å²) in [5.41, 5.74) is 29.2. The van der Waals surface area contributed by atoms with Crippen LogP contribution < -0.4 is 0 Å². The molecule has 0 saturated carbocycles. The Labute approximate surface area is 506 Å². The van der Waals surface area contributed by atoms with Gasteiger partial charge in [0.2, 0.25) is 0 Å². The van der Waals surface area contributed by atoms with Crippen LogP contribution in [-0.4, -0.2) is 19.9 Å². The van der Waals surface area contributed by atoms with Crippen LogP contribution in [0.25, 0.3) is 123 Å². The Morgan fingerprint density at radius 1 is 0.186 bits per heavy atom. The standard InChI is InChI=1S/C44H36N2.C38H32N2/c1-43(2)37-25-23-33(30-15-9-6-10-16-30)27-35(37)36-28-34(24-26-38(36)44(43,3)4)42-41(45-39-17-11-12-18-40(39)46-42)32-21-19-31(20-22-32)29-13-7-5-8-14-29;1-37(2)31-21-19-27(25-13-7-5-8-14-25)23-29(31)30-24-28(20-22-32(30)38(37,3)4)36-35(26-15-9-6-10-16-26)39-33-17-11-12-18-34(33)40-36/h5-28H,1-4H3;5-24H,1-4H3. The van der Waals surface area contributed by atoms with Crippen LogP contribution in [0.15, 0.2) is 267 Å². The molecule has 2 aliphatic rings. The van der Waals surface area contributed by atoms with Crippen molar-refractivity contribution in [2.45, 2.75) is 77.0 Å². The molecule has 0 atom stereocenters. The van der Waals surface area contributed by atoms with Gasteiger partial charge in [-0.2, -0.15) is 0 Å². The van der Waals surface area contributed by atoms with E-state index in [1.54, 1.807) is 0 Å². The average molecular weight is 1110 g/mol. The minimum absolute atomic E-state index is 0.0377. The summed E-state index contributed by atoms with van der Waals surface area (Å²) in [6.45, 7) is 19.1. The zero-order valence-electron chi connectivity index (χ0n) is 50.2. The largest absolute Gasteiger partial charge is 0.244 e. The molecule has 86 heavy (non-hydrogen) atoms. The molecule has 4 heteroatoms. The number of fused-ring (bicyclic) bond motifs is 8. The van der Waals surface area contributed by atoms with Crippen molar-refractivity contribution in [1.82, 2.24) is 19.9 Å². The molecule has 0 aliphatic heterocycles. The molecule has 0 N–H and O–H groups in total. The second-order valence-corrected chi connectivity index (χ2v) is 25.4. The monoisotopic (exact) mass is 1110 g/mol. The van der Waals surface area contributed by atoms with E-state index in [2.05, 4.69) is 274 Å². The van der Waals surface area contributed by atoms with E-state index in [9.17, 15) is 0 Å². The van der Waals surface area contributed by atoms with Gasteiger partial charge in [-0.05, 0) is 148 Å². The quantitative estimate of drug-likeness (QED) is 0.160. The lowest BCUT2D eigenvalue weighted by Crippen LogP contribution is -2.43. The Balaban J connectivity index is 0.000000153. The molecule has 15 rings (SSSR count). The van der Waals surface area contributed by atoms with Crippen molar-refractivity contribution >= 4 is 22.1 Å². The lowest BCUT2D eigenvalue weighted by atomic mass is 9.55. The minimum atomic E-state index is -0.0761. The van der Waals surface area contributed by atoms with Gasteiger partial charge in [-0.15, -0.1) is 0 Å². The van der Waals surface area contributed by atoms with Crippen LogP contribution in [0.4, 0.5) is 0 Å². The molecule has 2 heterocycles. The topological polar surface area (TPSA) is 51.6 Å². The first-order valence-corrected chi connectivity index (χ1v) is 30.1. The van der Waals surface area contributed by atoms with Gasteiger partial charge in [0.1, 0.15) is 0 Å². The zero-order chi connectivity index (χ0) is 59.0. The molecule has 0 unspecified atom stereocenters. The van der Waals surface area contributed by atoms with E-state index in [4.69, 9.17) is 19.9 Å². The fourth-order valence-electron chi connectivity index (χ4n) is 13.4. The van der Waals surface area contributed by atoms with E-state index in [1.807, 2.05) is 48.5 Å². The maximum Gasteiger partial charge on any atom is 0.0973 e. The maximum absolute atomic E-state index is 5.27. The van der Waals surface area contributed by atoms with Crippen LogP contribution in [0.1, 0.15) is 77.6 Å². The first kappa shape index (κ1) is 54.1. The number of hydrogen-bond acceptors (Lipinski definition) is 4. The Kier molecular flexibility index (Phi) is 13.2. The van der Waals surface area contributed by atoms with Crippen LogP contribution in [0.2, 0.25) is 0 Å². The van der Waals surface area contributed by atoms with E-state index in [-0.39, 0.29) is 21.7 Å². The summed E-state index contributed by atoms with van der Waals surface area (Å²) in [5.74, 6) is 0. The van der Waals surface area contributed by atoms with Crippen LogP contribution in [-0.2, 0) is 21.7 Å². The molecule has 2 aliphatic carbocycles. The lowest BCUT2D eigenvalue weighted by molar-refractivity contribution is 0.299. The Morgan fingerprint density at radius 3 is 0.698 bits per heavy atom. The van der Waals surface area contributed by atoms with Gasteiger partial charge in [0, 0.05) is 22.3 Å². The molecular formula is C82H68N4. The van der Waals surface area contributed by atoms with Crippen LogP contribution >= 0.6 is 0 Å². The van der Waals surface area contributed by atoms with Gasteiger partial charge in [-0.3, -0.25) is 0 Å². The molecule has 416 valence electrons. The van der Waals surface area contributed by atoms with E-state index in [1.165, 1.54) is 77.9 Å². The van der Waals surface area contributed by atoms with Crippen LogP contribution in [0.3, 0.4) is 0 Å². The summed E-state index contributed by atoms with van der Waals surface area (Å²) in [4.78, 5) is 20.8. The molecule has 0 amide bonds. The normalized spacial score (nSPS) is 14.7. The summed E-state index contributed by atoms with van der Waals surface area (Å²) in [6, 6.07) is 95.2. The van der Waals surface area contributed by atoms with Crippen molar-refractivity contribution in [3.05, 3.63) is 289 Å². The van der Waals surface area contributed by atoms with E-state index >= 15 is 0 Å². The summed E-state index contributed by atoms with van der Waals surface area (Å²) < 4.78 is 0. The third kappa shape index (κ3) is 9.14. The number of nitrogens with zero attached hydrogens (tertiary/aromatic N) is 4. The van der Waals surface area contributed by atoms with E-state index < -0.39 is 0 Å². The van der Waals surface area contributed by atoms with Crippen molar-refractivity contribution < 1.29 is 0 Å². The third-order valence-electron chi connectivity index (χ3n) is 19.7. The first-order chi connectivity index (χ1) is 41.7. The summed E-state index contributed by atoms with van der Waals surface area (Å²) in [5, 5.41) is 0. The molecule has 4 nitrogen and oxygen atoms in total. The van der Waals surface area contributed by atoms with Gasteiger partial charge >= 0.3 is 0 Å². The number of aromatic nitrogens is 4. The van der Waals surface area contributed by atoms with E-state index in [0.717, 1.165) is 67.1 Å². The third-order valence-corrected chi connectivity index (χ3v) is 19.7. The minimum Gasteiger partial charge on any atom is -0.244 e. The van der Waals surface area contributed by atoms with Crippen molar-refractivity contribution in [3.63, 3.8) is 0 Å². The summed E-state index contributed by atoms with van der Waals surface area (Å²) in [7, 11) is 0. The molecule has 0 saturated heterocycles. The fraction of sp³-hybridized carbons (Fsp3) is 0.146. The van der Waals surface area contributed by atoms with Crippen LogP contribution in [0.5, 0.6) is 0 Å². The van der Waals surface area contributed by atoms with Crippen LogP contribution in [0, 0.1) is 0 Å². The molecule has 11 aromatic carbocycles. The first-order valence-electron chi connectivity index (χ1n) is 30.1. The molecule has 13 aromatic rings. The summed E-state index contributed by atoms with van der Waals surface area (Å²) >= 11 is 0. The fourth-order valence-corrected chi connectivity index (χ4v) is 13.4.